The Balaban J connectivity index is 2.64. The molecule has 0 saturated carbocycles. The minimum Gasteiger partial charge on any atom is -0.388 e. The minimum atomic E-state index is -2.50. The van der Waals surface area contributed by atoms with Crippen molar-refractivity contribution in [1.29, 1.82) is 0 Å². The Bertz CT molecular complexity index is 568. The van der Waals surface area contributed by atoms with E-state index in [1.54, 1.807) is 12.1 Å². The largest absolute Gasteiger partial charge is 0.388 e. The van der Waals surface area contributed by atoms with Gasteiger partial charge in [-0.15, -0.1) is 0 Å². The maximum Gasteiger partial charge on any atom is 0.168 e. The highest BCUT2D eigenvalue weighted by Crippen LogP contribution is 2.20. The van der Waals surface area contributed by atoms with Gasteiger partial charge in [-0.2, -0.15) is 0 Å². The van der Waals surface area contributed by atoms with Crippen LogP contribution < -0.4 is 5.32 Å². The second kappa shape index (κ2) is 3.90. The van der Waals surface area contributed by atoms with Gasteiger partial charge in [0.05, 0.1) is 4.90 Å². The Kier molecular flexibility index (Phi) is 2.60. The predicted octanol–water partition coefficient (Wildman–Crippen LogP) is 1.85. The van der Waals surface area contributed by atoms with Gasteiger partial charge in [-0.1, -0.05) is 12.1 Å². The maximum atomic E-state index is 10.8. The molecule has 15 heavy (non-hydrogen) atoms. The summed E-state index contributed by atoms with van der Waals surface area (Å²) in [7, 11) is -0.644. The fourth-order valence-corrected chi connectivity index (χ4v) is 1.94. The van der Waals surface area contributed by atoms with E-state index in [9.17, 15) is 8.42 Å². The predicted molar refractivity (Wildman–Crippen MR) is 62.1 cm³/mol. The topological polar surface area (TPSA) is 46.2 Å². The fourth-order valence-electron chi connectivity index (χ4n) is 1.50. The third-order valence-electron chi connectivity index (χ3n) is 2.32. The van der Waals surface area contributed by atoms with Crippen molar-refractivity contribution in [3.05, 3.63) is 36.4 Å². The number of benzene rings is 2. The molecular formula is C11H11NO2S. The third kappa shape index (κ3) is 1.94. The van der Waals surface area contributed by atoms with Crippen molar-refractivity contribution in [2.75, 3.05) is 12.4 Å². The highest BCUT2D eigenvalue weighted by Gasteiger charge is 1.98. The Morgan fingerprint density at radius 2 is 1.67 bits per heavy atom. The standard InChI is InChI=1S/C11H11NO2S/c1-12-10-4-2-9-7-11(15(13)14)5-3-8(9)6-10/h2-7,12,15H,1H3. The van der Waals surface area contributed by atoms with Gasteiger partial charge in [0.15, 0.2) is 10.7 Å². The lowest BCUT2D eigenvalue weighted by molar-refractivity contribution is 0.614. The summed E-state index contributed by atoms with van der Waals surface area (Å²) in [5, 5.41) is 5.00. The summed E-state index contributed by atoms with van der Waals surface area (Å²) in [5.74, 6) is 0. The highest BCUT2D eigenvalue weighted by atomic mass is 32.2. The monoisotopic (exact) mass is 221 g/mol. The molecule has 0 amide bonds. The Morgan fingerprint density at radius 3 is 2.33 bits per heavy atom. The van der Waals surface area contributed by atoms with Gasteiger partial charge in [0.1, 0.15) is 0 Å². The summed E-state index contributed by atoms with van der Waals surface area (Å²) < 4.78 is 21.6. The number of fused-ring (bicyclic) bond motifs is 1. The van der Waals surface area contributed by atoms with Crippen LogP contribution >= 0.6 is 0 Å². The van der Waals surface area contributed by atoms with E-state index in [4.69, 9.17) is 0 Å². The van der Waals surface area contributed by atoms with Gasteiger partial charge in [-0.05, 0) is 35.0 Å². The molecule has 0 spiro atoms. The molecule has 0 radical (unpaired) electrons. The summed E-state index contributed by atoms with van der Waals surface area (Å²) in [5.41, 5.74) is 1.02. The zero-order valence-corrected chi connectivity index (χ0v) is 9.12. The van der Waals surface area contributed by atoms with Crippen LogP contribution in [0.2, 0.25) is 0 Å². The first-order chi connectivity index (χ1) is 7.20. The molecule has 0 heterocycles. The van der Waals surface area contributed by atoms with E-state index < -0.39 is 10.7 Å². The number of hydrogen-bond donors (Lipinski definition) is 2. The zero-order valence-electron chi connectivity index (χ0n) is 8.23. The Labute approximate surface area is 89.7 Å². The van der Waals surface area contributed by atoms with E-state index in [1.807, 2.05) is 31.3 Å². The lowest BCUT2D eigenvalue weighted by Gasteiger charge is -2.02. The van der Waals surface area contributed by atoms with Crippen molar-refractivity contribution < 1.29 is 8.42 Å². The molecule has 2 aromatic carbocycles. The molecule has 0 aromatic heterocycles. The average Bonchev–Trinajstić information content (AvgIpc) is 2.27. The highest BCUT2D eigenvalue weighted by molar-refractivity contribution is 7.72. The molecule has 78 valence electrons. The van der Waals surface area contributed by atoms with E-state index >= 15 is 0 Å². The summed E-state index contributed by atoms with van der Waals surface area (Å²) in [6.07, 6.45) is 0. The molecule has 2 aromatic rings. The lowest BCUT2D eigenvalue weighted by atomic mass is 10.1. The van der Waals surface area contributed by atoms with E-state index in [-0.39, 0.29) is 0 Å². The van der Waals surface area contributed by atoms with E-state index in [1.165, 1.54) is 0 Å². The van der Waals surface area contributed by atoms with Gasteiger partial charge in [0.2, 0.25) is 0 Å². The van der Waals surface area contributed by atoms with Crippen LogP contribution in [0.15, 0.2) is 41.3 Å². The van der Waals surface area contributed by atoms with Crippen molar-refractivity contribution in [2.45, 2.75) is 4.90 Å². The van der Waals surface area contributed by atoms with Crippen molar-refractivity contribution >= 4 is 27.2 Å². The second-order valence-corrected chi connectivity index (χ2v) is 4.28. The van der Waals surface area contributed by atoms with Crippen molar-refractivity contribution in [3.8, 4) is 0 Å². The first kappa shape index (κ1) is 9.98. The molecule has 0 saturated heterocycles. The van der Waals surface area contributed by atoms with Gasteiger partial charge in [-0.25, -0.2) is 8.42 Å². The van der Waals surface area contributed by atoms with E-state index in [0.717, 1.165) is 16.5 Å². The van der Waals surface area contributed by atoms with Crippen LogP contribution in [0.5, 0.6) is 0 Å². The molecule has 0 fully saturated rings. The molecule has 0 bridgehead atoms. The summed E-state index contributed by atoms with van der Waals surface area (Å²) >= 11 is 0. The third-order valence-corrected chi connectivity index (χ3v) is 3.02. The van der Waals surface area contributed by atoms with Crippen LogP contribution in [0.3, 0.4) is 0 Å². The van der Waals surface area contributed by atoms with Crippen molar-refractivity contribution in [3.63, 3.8) is 0 Å². The Hall–Kier alpha value is -1.55. The normalized spacial score (nSPS) is 10.8. The molecule has 0 aliphatic heterocycles. The van der Waals surface area contributed by atoms with Gasteiger partial charge < -0.3 is 5.32 Å². The van der Waals surface area contributed by atoms with Gasteiger partial charge in [-0.3, -0.25) is 0 Å². The molecule has 2 rings (SSSR count). The van der Waals surface area contributed by atoms with Crippen molar-refractivity contribution in [1.82, 2.24) is 0 Å². The smallest absolute Gasteiger partial charge is 0.168 e. The second-order valence-electron chi connectivity index (χ2n) is 3.25. The van der Waals surface area contributed by atoms with E-state index in [0.29, 0.717) is 4.90 Å². The van der Waals surface area contributed by atoms with Crippen LogP contribution in [0.1, 0.15) is 0 Å². The number of rotatable bonds is 2. The van der Waals surface area contributed by atoms with Crippen LogP contribution in [-0.2, 0) is 10.7 Å². The number of nitrogens with one attached hydrogen (secondary N) is 1. The number of anilines is 1. The summed E-state index contributed by atoms with van der Waals surface area (Å²) in [6, 6.07) is 10.9. The molecule has 3 nitrogen and oxygen atoms in total. The average molecular weight is 221 g/mol. The Morgan fingerprint density at radius 1 is 1.00 bits per heavy atom. The molecular weight excluding hydrogens is 210 g/mol. The molecule has 0 aliphatic carbocycles. The summed E-state index contributed by atoms with van der Waals surface area (Å²) in [4.78, 5) is 0.356. The van der Waals surface area contributed by atoms with Crippen LogP contribution in [-0.4, -0.2) is 15.5 Å². The molecule has 0 atom stereocenters. The molecule has 0 aliphatic rings. The maximum absolute atomic E-state index is 10.8. The minimum absolute atomic E-state index is 0.356. The van der Waals surface area contributed by atoms with Gasteiger partial charge in [0, 0.05) is 12.7 Å². The first-order valence-electron chi connectivity index (χ1n) is 4.56. The molecule has 0 unspecified atom stereocenters. The summed E-state index contributed by atoms with van der Waals surface area (Å²) in [6.45, 7) is 0. The van der Waals surface area contributed by atoms with Crippen LogP contribution in [0.25, 0.3) is 10.8 Å². The van der Waals surface area contributed by atoms with Gasteiger partial charge in [0.25, 0.3) is 0 Å². The van der Waals surface area contributed by atoms with Crippen molar-refractivity contribution in [2.24, 2.45) is 0 Å². The van der Waals surface area contributed by atoms with Crippen LogP contribution in [0.4, 0.5) is 5.69 Å². The fraction of sp³-hybridized carbons (Fsp3) is 0.0909. The SMILES string of the molecule is CNc1ccc2cc([SH](=O)=O)ccc2c1. The zero-order chi connectivity index (χ0) is 10.8. The van der Waals surface area contributed by atoms with E-state index in [2.05, 4.69) is 5.32 Å². The first-order valence-corrected chi connectivity index (χ1v) is 5.74. The lowest BCUT2D eigenvalue weighted by Crippen LogP contribution is -1.87. The molecule has 4 heteroatoms. The quantitative estimate of drug-likeness (QED) is 0.761. The molecule has 1 N–H and O–H groups in total. The van der Waals surface area contributed by atoms with Crippen LogP contribution in [0, 0.1) is 0 Å². The number of thiol groups is 1. The number of hydrogen-bond acceptors (Lipinski definition) is 3. The van der Waals surface area contributed by atoms with Gasteiger partial charge >= 0.3 is 0 Å².